The summed E-state index contributed by atoms with van der Waals surface area (Å²) in [6, 6.07) is 0. The van der Waals surface area contributed by atoms with E-state index in [0.29, 0.717) is 32.3 Å². The van der Waals surface area contributed by atoms with Crippen molar-refractivity contribution in [3.63, 3.8) is 0 Å². The number of guanidine groups is 1. The Morgan fingerprint density at radius 1 is 1.24 bits per heavy atom. The smallest absolute Gasteiger partial charge is 0.188 e. The number of ether oxygens (including phenoxy) is 4. The topological polar surface area (TPSA) is 87.3 Å². The molecule has 1 spiro atoms. The van der Waals surface area contributed by atoms with Crippen LogP contribution in [0.15, 0.2) is 4.99 Å². The lowest BCUT2D eigenvalue weighted by molar-refractivity contribution is -0.210. The van der Waals surface area contributed by atoms with Crippen LogP contribution in [0.4, 0.5) is 0 Å². The van der Waals surface area contributed by atoms with Gasteiger partial charge in [-0.05, 0) is 12.8 Å². The maximum absolute atomic E-state index is 6.00. The Bertz CT molecular complexity index is 365. The molecule has 7 nitrogen and oxygen atoms in total. The van der Waals surface area contributed by atoms with Gasteiger partial charge in [0.25, 0.3) is 0 Å². The molecule has 0 aromatic heterocycles. The zero-order valence-electron chi connectivity index (χ0n) is 12.4. The van der Waals surface area contributed by atoms with E-state index in [4.69, 9.17) is 24.7 Å². The van der Waals surface area contributed by atoms with Gasteiger partial charge in [0.2, 0.25) is 0 Å². The monoisotopic (exact) mass is 299 g/mol. The number of nitrogens with one attached hydrogen (secondary N) is 1. The summed E-state index contributed by atoms with van der Waals surface area (Å²) in [6.45, 7) is 4.05. The van der Waals surface area contributed by atoms with Crippen LogP contribution in [0.3, 0.4) is 0 Å². The summed E-state index contributed by atoms with van der Waals surface area (Å²) in [5.74, 6) is 0.000205. The van der Waals surface area contributed by atoms with Gasteiger partial charge < -0.3 is 30.0 Å². The molecule has 2 atom stereocenters. The molecule has 2 unspecified atom stereocenters. The van der Waals surface area contributed by atoms with Gasteiger partial charge in [-0.25, -0.2) is 0 Å². The van der Waals surface area contributed by atoms with Crippen LogP contribution in [0.1, 0.15) is 25.7 Å². The first-order valence-electron chi connectivity index (χ1n) is 7.81. The third-order valence-electron chi connectivity index (χ3n) is 4.17. The minimum absolute atomic E-state index is 0.0221. The second-order valence-electron chi connectivity index (χ2n) is 5.82. The van der Waals surface area contributed by atoms with E-state index in [9.17, 15) is 0 Å². The lowest BCUT2D eigenvalue weighted by Gasteiger charge is -2.31. The molecule has 0 radical (unpaired) electrons. The Balaban J connectivity index is 1.39. The van der Waals surface area contributed by atoms with Crippen LogP contribution in [0, 0.1) is 0 Å². The van der Waals surface area contributed by atoms with Crippen molar-refractivity contribution < 1.29 is 18.9 Å². The van der Waals surface area contributed by atoms with Gasteiger partial charge in [-0.15, -0.1) is 0 Å². The summed E-state index contributed by atoms with van der Waals surface area (Å²) in [5.41, 5.74) is 5.87. The van der Waals surface area contributed by atoms with E-state index < -0.39 is 5.79 Å². The van der Waals surface area contributed by atoms with E-state index >= 15 is 0 Å². The molecule has 3 aliphatic heterocycles. The number of nitrogens with zero attached hydrogens (tertiary/aromatic N) is 1. The fourth-order valence-corrected chi connectivity index (χ4v) is 2.93. The highest BCUT2D eigenvalue weighted by molar-refractivity contribution is 5.77. The average Bonchev–Trinajstić information content (AvgIpc) is 3.14. The first kappa shape index (κ1) is 15.0. The third-order valence-corrected chi connectivity index (χ3v) is 4.17. The van der Waals surface area contributed by atoms with E-state index in [1.807, 2.05) is 0 Å². The number of hydrogen-bond donors (Lipinski definition) is 2. The summed E-state index contributed by atoms with van der Waals surface area (Å²) in [6.07, 6.45) is 4.04. The highest BCUT2D eigenvalue weighted by Crippen LogP contribution is 2.33. The molecule has 3 aliphatic rings. The number of nitrogens with two attached hydrogens (primary N) is 1. The van der Waals surface area contributed by atoms with Crippen molar-refractivity contribution in [1.29, 1.82) is 0 Å². The number of hydrogen-bond acceptors (Lipinski definition) is 5. The van der Waals surface area contributed by atoms with Crippen LogP contribution >= 0.6 is 0 Å². The molecule has 21 heavy (non-hydrogen) atoms. The molecule has 0 saturated carbocycles. The molecule has 3 heterocycles. The average molecular weight is 299 g/mol. The van der Waals surface area contributed by atoms with E-state index in [1.165, 1.54) is 0 Å². The van der Waals surface area contributed by atoms with Crippen molar-refractivity contribution in [2.45, 2.75) is 43.7 Å². The van der Waals surface area contributed by atoms with Crippen molar-refractivity contribution in [2.24, 2.45) is 10.7 Å². The molecule has 3 N–H and O–H groups in total. The first-order chi connectivity index (χ1) is 10.3. The van der Waals surface area contributed by atoms with Gasteiger partial charge in [-0.1, -0.05) is 0 Å². The van der Waals surface area contributed by atoms with E-state index in [2.05, 4.69) is 10.3 Å². The van der Waals surface area contributed by atoms with Gasteiger partial charge in [0.05, 0.1) is 32.5 Å². The van der Waals surface area contributed by atoms with Crippen molar-refractivity contribution in [1.82, 2.24) is 5.32 Å². The second kappa shape index (κ2) is 6.91. The van der Waals surface area contributed by atoms with Crippen LogP contribution < -0.4 is 11.1 Å². The van der Waals surface area contributed by atoms with Gasteiger partial charge >= 0.3 is 0 Å². The number of aliphatic imine (C=N–C) groups is 1. The lowest BCUT2D eigenvalue weighted by atomic mass is 10.1. The standard InChI is InChI=1S/C14H25N3O4/c15-13(16-8-11-2-1-5-19-11)17-9-12-10-20-14(21-12)3-6-18-7-4-14/h11-12H,1-10H2,(H3,15,16,17). The molecule has 0 amide bonds. The molecule has 120 valence electrons. The minimum Gasteiger partial charge on any atom is -0.381 e. The highest BCUT2D eigenvalue weighted by atomic mass is 16.7. The number of rotatable bonds is 4. The molecule has 0 bridgehead atoms. The fraction of sp³-hybridized carbons (Fsp3) is 0.929. The van der Waals surface area contributed by atoms with Gasteiger partial charge in [0.15, 0.2) is 11.7 Å². The zero-order chi connectivity index (χ0) is 14.5. The third kappa shape index (κ3) is 4.06. The first-order valence-corrected chi connectivity index (χ1v) is 7.81. The van der Waals surface area contributed by atoms with Crippen LogP contribution in [-0.4, -0.2) is 63.5 Å². The van der Waals surface area contributed by atoms with E-state index in [-0.39, 0.29) is 12.2 Å². The summed E-state index contributed by atoms with van der Waals surface area (Å²) >= 11 is 0. The molecule has 3 fully saturated rings. The van der Waals surface area contributed by atoms with Crippen molar-refractivity contribution in [3.05, 3.63) is 0 Å². The molecule has 0 aromatic carbocycles. The maximum Gasteiger partial charge on any atom is 0.188 e. The molecular weight excluding hydrogens is 274 g/mol. The predicted octanol–water partition coefficient (Wildman–Crippen LogP) is -0.00820. The molecule has 0 aromatic rings. The van der Waals surface area contributed by atoms with Crippen molar-refractivity contribution in [3.8, 4) is 0 Å². The zero-order valence-corrected chi connectivity index (χ0v) is 12.4. The van der Waals surface area contributed by atoms with E-state index in [1.54, 1.807) is 0 Å². The Labute approximate surface area is 125 Å². The fourth-order valence-electron chi connectivity index (χ4n) is 2.93. The Morgan fingerprint density at radius 2 is 2.10 bits per heavy atom. The Kier molecular flexibility index (Phi) is 4.95. The Morgan fingerprint density at radius 3 is 2.86 bits per heavy atom. The highest BCUT2D eigenvalue weighted by Gasteiger charge is 2.42. The molecule has 0 aliphatic carbocycles. The second-order valence-corrected chi connectivity index (χ2v) is 5.82. The summed E-state index contributed by atoms with van der Waals surface area (Å²) in [7, 11) is 0. The van der Waals surface area contributed by atoms with Crippen LogP contribution in [0.25, 0.3) is 0 Å². The Hall–Kier alpha value is -0.890. The lowest BCUT2D eigenvalue weighted by Crippen LogP contribution is -2.39. The van der Waals surface area contributed by atoms with Crippen molar-refractivity contribution in [2.75, 3.05) is 39.5 Å². The molecule has 7 heteroatoms. The van der Waals surface area contributed by atoms with Gasteiger partial charge in [0.1, 0.15) is 6.10 Å². The van der Waals surface area contributed by atoms with Crippen LogP contribution in [-0.2, 0) is 18.9 Å². The normalized spacial score (nSPS) is 32.7. The predicted molar refractivity (Wildman–Crippen MR) is 77.1 cm³/mol. The molecule has 3 rings (SSSR count). The van der Waals surface area contributed by atoms with Gasteiger partial charge in [-0.2, -0.15) is 0 Å². The summed E-state index contributed by atoms with van der Waals surface area (Å²) in [4.78, 5) is 4.34. The molecular formula is C14H25N3O4. The minimum atomic E-state index is -0.446. The van der Waals surface area contributed by atoms with Crippen LogP contribution in [0.2, 0.25) is 0 Å². The summed E-state index contributed by atoms with van der Waals surface area (Å²) < 4.78 is 22.7. The summed E-state index contributed by atoms with van der Waals surface area (Å²) in [5, 5.41) is 3.11. The van der Waals surface area contributed by atoms with Gasteiger partial charge in [-0.3, -0.25) is 4.99 Å². The van der Waals surface area contributed by atoms with Gasteiger partial charge in [0, 0.05) is 26.0 Å². The van der Waals surface area contributed by atoms with Crippen LogP contribution in [0.5, 0.6) is 0 Å². The molecule has 3 saturated heterocycles. The maximum atomic E-state index is 6.00. The largest absolute Gasteiger partial charge is 0.381 e. The van der Waals surface area contributed by atoms with Crippen molar-refractivity contribution >= 4 is 5.96 Å². The SMILES string of the molecule is NC(=NCC1COC2(CCOCC2)O1)NCC1CCCO1. The van der Waals surface area contributed by atoms with E-state index in [0.717, 1.165) is 38.8 Å². The quantitative estimate of drug-likeness (QED) is 0.561.